The summed E-state index contributed by atoms with van der Waals surface area (Å²) < 4.78 is 28.2. The lowest BCUT2D eigenvalue weighted by Crippen LogP contribution is -2.12. The number of nitrogens with one attached hydrogen (secondary N) is 2. The lowest BCUT2D eigenvalue weighted by molar-refractivity contribution is 0.603. The highest BCUT2D eigenvalue weighted by Gasteiger charge is 2.18. The highest BCUT2D eigenvalue weighted by molar-refractivity contribution is 9.10. The topological polar surface area (TPSA) is 58.2 Å². The Hall–Kier alpha value is -0.600. The van der Waals surface area contributed by atoms with Gasteiger partial charge >= 0.3 is 0 Å². The molecule has 0 fully saturated rings. The van der Waals surface area contributed by atoms with Crippen molar-refractivity contribution in [2.75, 3.05) is 11.8 Å². The second kappa shape index (κ2) is 6.66. The van der Waals surface area contributed by atoms with E-state index in [1.54, 1.807) is 18.2 Å². The third-order valence-electron chi connectivity index (χ3n) is 2.77. The van der Waals surface area contributed by atoms with Gasteiger partial charge in [-0.1, -0.05) is 11.6 Å². The summed E-state index contributed by atoms with van der Waals surface area (Å²) in [6, 6.07) is 5.04. The average molecular weight is 410 g/mol. The van der Waals surface area contributed by atoms with Gasteiger partial charge in [0, 0.05) is 16.0 Å². The lowest BCUT2D eigenvalue weighted by atomic mass is 10.2. The van der Waals surface area contributed by atoms with E-state index >= 15 is 0 Å². The quantitative estimate of drug-likeness (QED) is 0.785. The molecule has 0 aliphatic rings. The normalized spacial score (nSPS) is 11.6. The zero-order valence-corrected chi connectivity index (χ0v) is 15.4. The van der Waals surface area contributed by atoms with Gasteiger partial charge in [0.15, 0.2) is 0 Å². The van der Waals surface area contributed by atoms with Crippen molar-refractivity contribution in [2.24, 2.45) is 0 Å². The molecular formula is C13H14BrClN2O2S2. The van der Waals surface area contributed by atoms with Crippen LogP contribution in [0.15, 0.2) is 32.3 Å². The van der Waals surface area contributed by atoms with Crippen LogP contribution in [-0.2, 0) is 16.6 Å². The van der Waals surface area contributed by atoms with Crippen LogP contribution in [0.25, 0.3) is 0 Å². The molecule has 21 heavy (non-hydrogen) atoms. The fraction of sp³-hybridized carbons (Fsp3) is 0.231. The number of anilines is 1. The van der Waals surface area contributed by atoms with E-state index in [2.05, 4.69) is 26.0 Å². The molecule has 2 aromatic rings. The Morgan fingerprint density at radius 2 is 2.05 bits per heavy atom. The summed E-state index contributed by atoms with van der Waals surface area (Å²) in [5.41, 5.74) is 2.23. The molecule has 8 heteroatoms. The minimum atomic E-state index is -3.61. The van der Waals surface area contributed by atoms with Crippen LogP contribution in [0.4, 0.5) is 5.69 Å². The molecule has 1 heterocycles. The maximum Gasteiger partial charge on any atom is 0.271 e. The number of sulfonamides is 1. The second-order valence-electron chi connectivity index (χ2n) is 4.49. The fourth-order valence-corrected chi connectivity index (χ4v) is 4.84. The minimum absolute atomic E-state index is 0.274. The summed E-state index contributed by atoms with van der Waals surface area (Å²) in [6.07, 6.45) is 0. The third-order valence-corrected chi connectivity index (χ3v) is 6.69. The lowest BCUT2D eigenvalue weighted by Gasteiger charge is -2.10. The molecule has 1 aromatic heterocycles. The van der Waals surface area contributed by atoms with E-state index in [1.165, 1.54) is 11.3 Å². The van der Waals surface area contributed by atoms with Gasteiger partial charge in [0.2, 0.25) is 0 Å². The van der Waals surface area contributed by atoms with E-state index in [9.17, 15) is 8.42 Å². The highest BCUT2D eigenvalue weighted by atomic mass is 79.9. The SMILES string of the molecule is CNCc1csc(S(=O)(=O)Nc2cc(Cl)c(C)cc2Br)c1. The molecule has 0 unspecified atom stereocenters. The van der Waals surface area contributed by atoms with Crippen molar-refractivity contribution in [3.05, 3.63) is 44.2 Å². The van der Waals surface area contributed by atoms with Crippen molar-refractivity contribution in [3.63, 3.8) is 0 Å². The Bertz CT molecular complexity index is 760. The molecule has 2 N–H and O–H groups in total. The Labute approximate surface area is 141 Å². The standard InChI is InChI=1S/C13H14BrClN2O2S2/c1-8-3-10(14)12(5-11(8)15)17-21(18,19)13-4-9(6-16-2)7-20-13/h3-5,7,16-17H,6H2,1-2H3. The first-order valence-electron chi connectivity index (χ1n) is 6.04. The van der Waals surface area contributed by atoms with E-state index in [1.807, 2.05) is 19.4 Å². The molecule has 0 radical (unpaired) electrons. The fourth-order valence-electron chi connectivity index (χ4n) is 1.71. The van der Waals surface area contributed by atoms with E-state index in [0.29, 0.717) is 21.7 Å². The van der Waals surface area contributed by atoms with E-state index in [-0.39, 0.29) is 4.21 Å². The number of hydrogen-bond donors (Lipinski definition) is 2. The zero-order valence-electron chi connectivity index (χ0n) is 11.4. The largest absolute Gasteiger partial charge is 0.316 e. The molecule has 0 saturated heterocycles. The van der Waals surface area contributed by atoms with E-state index in [4.69, 9.17) is 11.6 Å². The van der Waals surface area contributed by atoms with Crippen molar-refractivity contribution >= 4 is 54.6 Å². The molecule has 0 aliphatic carbocycles. The zero-order chi connectivity index (χ0) is 15.6. The Kier molecular flexibility index (Phi) is 5.32. The Morgan fingerprint density at radius 1 is 1.33 bits per heavy atom. The molecule has 0 spiro atoms. The smallest absolute Gasteiger partial charge is 0.271 e. The number of halogens is 2. The van der Waals surface area contributed by atoms with Crippen LogP contribution in [-0.4, -0.2) is 15.5 Å². The van der Waals surface area contributed by atoms with Crippen LogP contribution >= 0.6 is 38.9 Å². The maximum atomic E-state index is 12.4. The summed E-state index contributed by atoms with van der Waals surface area (Å²) in [7, 11) is -1.80. The number of benzene rings is 1. The first kappa shape index (κ1) is 16.8. The molecule has 0 atom stereocenters. The van der Waals surface area contributed by atoms with Gasteiger partial charge in [-0.2, -0.15) is 0 Å². The highest BCUT2D eigenvalue weighted by Crippen LogP contribution is 2.31. The summed E-state index contributed by atoms with van der Waals surface area (Å²) in [5, 5.41) is 5.32. The first-order valence-corrected chi connectivity index (χ1v) is 9.57. The van der Waals surface area contributed by atoms with Gasteiger partial charge in [-0.25, -0.2) is 8.42 Å². The van der Waals surface area contributed by atoms with E-state index in [0.717, 1.165) is 11.1 Å². The Morgan fingerprint density at radius 3 is 2.71 bits per heavy atom. The monoisotopic (exact) mass is 408 g/mol. The summed E-state index contributed by atoms with van der Waals surface area (Å²) in [5.74, 6) is 0. The third kappa shape index (κ3) is 3.98. The van der Waals surface area contributed by atoms with Gasteiger partial charge in [-0.3, -0.25) is 4.72 Å². The average Bonchev–Trinajstić information content (AvgIpc) is 2.86. The van der Waals surface area contributed by atoms with Crippen LogP contribution < -0.4 is 10.0 Å². The van der Waals surface area contributed by atoms with Crippen molar-refractivity contribution in [1.82, 2.24) is 5.32 Å². The van der Waals surface area contributed by atoms with Gasteiger partial charge in [0.1, 0.15) is 4.21 Å². The van der Waals surface area contributed by atoms with Crippen LogP contribution in [0.5, 0.6) is 0 Å². The van der Waals surface area contributed by atoms with Gasteiger partial charge in [0.05, 0.1) is 5.69 Å². The minimum Gasteiger partial charge on any atom is -0.316 e. The van der Waals surface area contributed by atoms with Crippen molar-refractivity contribution < 1.29 is 8.42 Å². The summed E-state index contributed by atoms with van der Waals surface area (Å²) in [4.78, 5) is 0. The van der Waals surface area contributed by atoms with Gasteiger partial charge in [-0.05, 0) is 64.6 Å². The molecule has 0 amide bonds. The second-order valence-corrected chi connectivity index (χ2v) is 8.57. The summed E-state index contributed by atoms with van der Waals surface area (Å²) >= 11 is 10.6. The van der Waals surface area contributed by atoms with Gasteiger partial charge in [-0.15, -0.1) is 11.3 Å². The van der Waals surface area contributed by atoms with Crippen LogP contribution in [0.2, 0.25) is 5.02 Å². The number of hydrogen-bond acceptors (Lipinski definition) is 4. The van der Waals surface area contributed by atoms with Crippen molar-refractivity contribution in [3.8, 4) is 0 Å². The molecule has 4 nitrogen and oxygen atoms in total. The van der Waals surface area contributed by atoms with Gasteiger partial charge < -0.3 is 5.32 Å². The molecule has 0 aliphatic heterocycles. The molecule has 1 aromatic carbocycles. The van der Waals surface area contributed by atoms with Crippen LogP contribution in [0.3, 0.4) is 0 Å². The van der Waals surface area contributed by atoms with Crippen molar-refractivity contribution in [1.29, 1.82) is 0 Å². The number of thiophene rings is 1. The van der Waals surface area contributed by atoms with Crippen LogP contribution in [0.1, 0.15) is 11.1 Å². The number of rotatable bonds is 5. The maximum absolute atomic E-state index is 12.4. The predicted molar refractivity (Wildman–Crippen MR) is 91.8 cm³/mol. The molecule has 114 valence electrons. The van der Waals surface area contributed by atoms with Crippen molar-refractivity contribution in [2.45, 2.75) is 17.7 Å². The van der Waals surface area contributed by atoms with Gasteiger partial charge in [0.25, 0.3) is 10.0 Å². The molecule has 0 bridgehead atoms. The molecule has 0 saturated carbocycles. The molecular weight excluding hydrogens is 396 g/mol. The summed E-state index contributed by atoms with van der Waals surface area (Å²) in [6.45, 7) is 2.49. The van der Waals surface area contributed by atoms with E-state index < -0.39 is 10.0 Å². The first-order chi connectivity index (χ1) is 9.83. The number of aryl methyl sites for hydroxylation is 1. The predicted octanol–water partition coefficient (Wildman–Crippen LogP) is 3.99. The van der Waals surface area contributed by atoms with Crippen LogP contribution in [0, 0.1) is 6.92 Å². The molecule has 2 rings (SSSR count). The Balaban J connectivity index is 2.30.